The van der Waals surface area contributed by atoms with Crippen molar-refractivity contribution >= 4 is 29.4 Å². The summed E-state index contributed by atoms with van der Waals surface area (Å²) in [5.74, 6) is 0.791. The van der Waals surface area contributed by atoms with Crippen LogP contribution in [0, 0.1) is 6.92 Å². The van der Waals surface area contributed by atoms with Crippen LogP contribution in [0.5, 0.6) is 0 Å². The molecule has 0 saturated heterocycles. The van der Waals surface area contributed by atoms with Gasteiger partial charge in [-0.15, -0.1) is 0 Å². The molecule has 1 aliphatic rings. The SMILES string of the molecule is Cc1ccc(CSNc2ccc3c(c2)C(C)OC(=O)N3CC(F)F)cc1. The number of hydrogen-bond acceptors (Lipinski definition) is 4. The lowest BCUT2D eigenvalue weighted by molar-refractivity contribution is 0.0972. The second-order valence-electron chi connectivity index (χ2n) is 6.18. The number of fused-ring (bicyclic) bond motifs is 1. The summed E-state index contributed by atoms with van der Waals surface area (Å²) in [6, 6.07) is 13.6. The maximum absolute atomic E-state index is 12.8. The van der Waals surface area contributed by atoms with Crippen LogP contribution in [0.1, 0.15) is 29.7 Å². The van der Waals surface area contributed by atoms with Gasteiger partial charge in [-0.1, -0.05) is 29.8 Å². The molecule has 1 heterocycles. The zero-order valence-electron chi connectivity index (χ0n) is 14.5. The fraction of sp³-hybridized carbons (Fsp3) is 0.316. The van der Waals surface area contributed by atoms with E-state index in [1.807, 2.05) is 13.0 Å². The Labute approximate surface area is 155 Å². The van der Waals surface area contributed by atoms with Gasteiger partial charge in [0.15, 0.2) is 0 Å². The minimum Gasteiger partial charge on any atom is -0.441 e. The first-order valence-corrected chi connectivity index (χ1v) is 9.26. The van der Waals surface area contributed by atoms with Gasteiger partial charge in [-0.05, 0) is 49.6 Å². The number of ether oxygens (including phenoxy) is 1. The van der Waals surface area contributed by atoms with Crippen LogP contribution in [-0.4, -0.2) is 19.1 Å². The molecule has 4 nitrogen and oxygen atoms in total. The van der Waals surface area contributed by atoms with Crippen LogP contribution in [-0.2, 0) is 10.5 Å². The van der Waals surface area contributed by atoms with Gasteiger partial charge in [0, 0.05) is 17.0 Å². The average Bonchev–Trinajstić information content (AvgIpc) is 2.60. The van der Waals surface area contributed by atoms with Crippen molar-refractivity contribution in [2.24, 2.45) is 0 Å². The van der Waals surface area contributed by atoms with Crippen LogP contribution in [0.2, 0.25) is 0 Å². The predicted octanol–water partition coefficient (Wildman–Crippen LogP) is 5.54. The highest BCUT2D eigenvalue weighted by Crippen LogP contribution is 2.37. The van der Waals surface area contributed by atoms with Gasteiger partial charge in [-0.2, -0.15) is 0 Å². The summed E-state index contributed by atoms with van der Waals surface area (Å²) in [5, 5.41) is 0. The van der Waals surface area contributed by atoms with E-state index in [1.165, 1.54) is 23.1 Å². The average molecular weight is 378 g/mol. The third-order valence-electron chi connectivity index (χ3n) is 4.12. The number of halogens is 2. The molecule has 138 valence electrons. The Kier molecular flexibility index (Phi) is 5.66. The third-order valence-corrected chi connectivity index (χ3v) is 4.98. The Balaban J connectivity index is 1.70. The maximum atomic E-state index is 12.8. The number of nitrogens with zero attached hydrogens (tertiary/aromatic N) is 1. The second-order valence-corrected chi connectivity index (χ2v) is 6.96. The Bertz CT molecular complexity index is 784. The lowest BCUT2D eigenvalue weighted by atomic mass is 10.0. The zero-order chi connectivity index (χ0) is 18.7. The summed E-state index contributed by atoms with van der Waals surface area (Å²) < 4.78 is 33.9. The molecular formula is C19H20F2N2O2S. The fourth-order valence-corrected chi connectivity index (χ4v) is 3.49. The van der Waals surface area contributed by atoms with E-state index in [0.29, 0.717) is 11.3 Å². The van der Waals surface area contributed by atoms with E-state index in [-0.39, 0.29) is 0 Å². The number of carbonyl (C=O) groups is 1. The quantitative estimate of drug-likeness (QED) is 0.670. The van der Waals surface area contributed by atoms with Crippen LogP contribution in [0.4, 0.5) is 25.0 Å². The van der Waals surface area contributed by atoms with Gasteiger partial charge in [0.1, 0.15) is 6.10 Å². The van der Waals surface area contributed by atoms with Crippen molar-refractivity contribution < 1.29 is 18.3 Å². The molecule has 1 aliphatic heterocycles. The summed E-state index contributed by atoms with van der Waals surface area (Å²) in [6.45, 7) is 3.11. The monoisotopic (exact) mass is 378 g/mol. The molecule has 0 bridgehead atoms. The molecular weight excluding hydrogens is 358 g/mol. The number of benzene rings is 2. The lowest BCUT2D eigenvalue weighted by Gasteiger charge is -2.32. The molecule has 1 N–H and O–H groups in total. The molecule has 1 amide bonds. The normalized spacial score (nSPS) is 16.4. The zero-order valence-corrected chi connectivity index (χ0v) is 15.4. The minimum atomic E-state index is -2.62. The van der Waals surface area contributed by atoms with Crippen molar-refractivity contribution in [3.05, 3.63) is 59.2 Å². The fourth-order valence-electron chi connectivity index (χ4n) is 2.76. The molecule has 3 rings (SSSR count). The lowest BCUT2D eigenvalue weighted by Crippen LogP contribution is -2.40. The highest BCUT2D eigenvalue weighted by atomic mass is 32.2. The third kappa shape index (κ3) is 4.27. The number of alkyl halides is 2. The molecule has 26 heavy (non-hydrogen) atoms. The molecule has 1 atom stereocenters. The predicted molar refractivity (Wildman–Crippen MR) is 101 cm³/mol. The van der Waals surface area contributed by atoms with Crippen molar-refractivity contribution in [1.82, 2.24) is 0 Å². The second kappa shape index (κ2) is 7.95. The molecule has 2 aromatic carbocycles. The van der Waals surface area contributed by atoms with E-state index in [0.717, 1.165) is 16.3 Å². The van der Waals surface area contributed by atoms with Gasteiger partial charge >= 0.3 is 6.09 Å². The molecule has 0 spiro atoms. The highest BCUT2D eigenvalue weighted by molar-refractivity contribution is 7.99. The number of hydrogen-bond donors (Lipinski definition) is 1. The molecule has 0 aromatic heterocycles. The highest BCUT2D eigenvalue weighted by Gasteiger charge is 2.32. The molecule has 2 aromatic rings. The van der Waals surface area contributed by atoms with E-state index >= 15 is 0 Å². The van der Waals surface area contributed by atoms with Crippen molar-refractivity contribution in [3.63, 3.8) is 0 Å². The first-order chi connectivity index (χ1) is 12.4. The van der Waals surface area contributed by atoms with Gasteiger partial charge < -0.3 is 9.46 Å². The number of cyclic esters (lactones) is 1. The first-order valence-electron chi connectivity index (χ1n) is 8.27. The van der Waals surface area contributed by atoms with E-state index in [9.17, 15) is 13.6 Å². The van der Waals surface area contributed by atoms with Gasteiger partial charge in [-0.3, -0.25) is 4.90 Å². The van der Waals surface area contributed by atoms with Gasteiger partial charge in [-0.25, -0.2) is 13.6 Å². The molecule has 0 fully saturated rings. The van der Waals surface area contributed by atoms with Crippen LogP contribution in [0.15, 0.2) is 42.5 Å². The summed E-state index contributed by atoms with van der Waals surface area (Å²) >= 11 is 1.54. The van der Waals surface area contributed by atoms with Gasteiger partial charge in [0.05, 0.1) is 12.2 Å². The van der Waals surface area contributed by atoms with Crippen molar-refractivity contribution in [2.75, 3.05) is 16.2 Å². The molecule has 1 unspecified atom stereocenters. The number of nitrogens with one attached hydrogen (secondary N) is 1. The summed E-state index contributed by atoms with van der Waals surface area (Å²) in [5.41, 5.74) is 4.45. The number of aryl methyl sites for hydroxylation is 1. The summed E-state index contributed by atoms with van der Waals surface area (Å²) in [7, 11) is 0. The van der Waals surface area contributed by atoms with E-state index in [2.05, 4.69) is 29.0 Å². The molecule has 7 heteroatoms. The van der Waals surface area contributed by atoms with E-state index in [4.69, 9.17) is 4.74 Å². The van der Waals surface area contributed by atoms with Crippen molar-refractivity contribution in [2.45, 2.75) is 32.1 Å². The standard InChI is InChI=1S/C19H20F2N2O2S/c1-12-3-5-14(6-4-12)11-26-22-15-7-8-17-16(9-15)13(2)25-19(24)23(17)10-18(20)21/h3-9,13,18,22H,10-11H2,1-2H3. The number of carbonyl (C=O) groups excluding carboxylic acids is 1. The van der Waals surface area contributed by atoms with Crippen LogP contribution < -0.4 is 9.62 Å². The largest absolute Gasteiger partial charge is 0.441 e. The number of rotatable bonds is 6. The maximum Gasteiger partial charge on any atom is 0.415 e. The summed E-state index contributed by atoms with van der Waals surface area (Å²) in [6.07, 6.45) is -3.83. The first kappa shape index (κ1) is 18.5. The van der Waals surface area contributed by atoms with E-state index in [1.54, 1.807) is 19.1 Å². The number of amides is 1. The van der Waals surface area contributed by atoms with Crippen molar-refractivity contribution in [3.8, 4) is 0 Å². The molecule has 0 radical (unpaired) electrons. The minimum absolute atomic E-state index is 0.475. The van der Waals surface area contributed by atoms with Crippen molar-refractivity contribution in [1.29, 1.82) is 0 Å². The Hall–Kier alpha value is -2.28. The Morgan fingerprint density at radius 2 is 1.96 bits per heavy atom. The van der Waals surface area contributed by atoms with Gasteiger partial charge in [0.2, 0.25) is 0 Å². The molecule has 0 saturated carbocycles. The Morgan fingerprint density at radius 1 is 1.23 bits per heavy atom. The Morgan fingerprint density at radius 3 is 2.65 bits per heavy atom. The topological polar surface area (TPSA) is 41.6 Å². The number of anilines is 2. The van der Waals surface area contributed by atoms with E-state index < -0.39 is 25.2 Å². The van der Waals surface area contributed by atoms with Gasteiger partial charge in [0.25, 0.3) is 6.43 Å². The van der Waals surface area contributed by atoms with Crippen LogP contribution in [0.25, 0.3) is 0 Å². The van der Waals surface area contributed by atoms with Crippen LogP contribution >= 0.6 is 11.9 Å². The molecule has 0 aliphatic carbocycles. The summed E-state index contributed by atoms with van der Waals surface area (Å²) in [4.78, 5) is 12.9. The van der Waals surface area contributed by atoms with Crippen LogP contribution in [0.3, 0.4) is 0 Å². The smallest absolute Gasteiger partial charge is 0.415 e.